The fourth-order valence-electron chi connectivity index (χ4n) is 6.39. The van der Waals surface area contributed by atoms with Crippen LogP contribution in [0.15, 0.2) is 36.5 Å². The van der Waals surface area contributed by atoms with Gasteiger partial charge in [0.1, 0.15) is 23.2 Å². The molecule has 2 saturated heterocycles. The van der Waals surface area contributed by atoms with E-state index < -0.39 is 29.0 Å². The number of aryl methyl sites for hydroxylation is 1. The fraction of sp³-hybridized carbons (Fsp3) is 0.471. The number of carbonyl (C=O) groups is 1. The average Bonchev–Trinajstić information content (AvgIpc) is 3.00. The molecule has 3 aromatic rings. The lowest BCUT2D eigenvalue weighted by Gasteiger charge is -2.41. The summed E-state index contributed by atoms with van der Waals surface area (Å²) >= 11 is 0. The normalized spacial score (nSPS) is 17.3. The number of likely N-dealkylation sites (tertiary alicyclic amines) is 1. The van der Waals surface area contributed by atoms with E-state index in [1.165, 1.54) is 11.1 Å². The molecule has 5 rings (SSSR count). The first-order valence-electron chi connectivity index (χ1n) is 15.1. The van der Waals surface area contributed by atoms with Crippen molar-refractivity contribution in [2.45, 2.75) is 45.1 Å². The number of nitrogens with zero attached hydrogens (tertiary/aromatic N) is 3. The van der Waals surface area contributed by atoms with Crippen LogP contribution < -0.4 is 4.74 Å². The lowest BCUT2D eigenvalue weighted by atomic mass is 9.72. The molecule has 2 aliphatic heterocycles. The summed E-state index contributed by atoms with van der Waals surface area (Å²) < 4.78 is 52.1. The number of morpholine rings is 1. The molecule has 1 N–H and O–H groups in total. The molecule has 0 unspecified atom stereocenters. The minimum absolute atomic E-state index is 0.0874. The molecule has 234 valence electrons. The molecule has 0 amide bonds. The number of aromatic nitrogens is 1. The summed E-state index contributed by atoms with van der Waals surface area (Å²) in [6.45, 7) is 5.49. The molecule has 1 aromatic heterocycles. The van der Waals surface area contributed by atoms with Crippen molar-refractivity contribution in [2.75, 3.05) is 53.0 Å². The van der Waals surface area contributed by atoms with Crippen molar-refractivity contribution in [1.29, 1.82) is 0 Å². The van der Waals surface area contributed by atoms with Gasteiger partial charge >= 0.3 is 5.97 Å². The first-order valence-corrected chi connectivity index (χ1v) is 15.1. The van der Waals surface area contributed by atoms with Crippen LogP contribution in [0.25, 0.3) is 10.9 Å². The molecule has 0 atom stereocenters. The summed E-state index contributed by atoms with van der Waals surface area (Å²) in [5, 5.41) is 10.9. The van der Waals surface area contributed by atoms with Crippen molar-refractivity contribution in [1.82, 2.24) is 14.8 Å². The van der Waals surface area contributed by atoms with Gasteiger partial charge in [0.05, 0.1) is 44.4 Å². The second kappa shape index (κ2) is 14.4. The molecule has 3 heterocycles. The Morgan fingerprint density at radius 3 is 2.48 bits per heavy atom. The zero-order valence-electron chi connectivity index (χ0n) is 25.0. The van der Waals surface area contributed by atoms with Crippen molar-refractivity contribution in [3.63, 3.8) is 0 Å². The number of piperidine rings is 1. The summed E-state index contributed by atoms with van der Waals surface area (Å²) in [7, 11) is 1.65. The van der Waals surface area contributed by atoms with Gasteiger partial charge in [-0.25, -0.2) is 13.2 Å². The average molecular weight is 610 g/mol. The van der Waals surface area contributed by atoms with Crippen LogP contribution in [0.5, 0.6) is 5.75 Å². The molecule has 0 radical (unpaired) electrons. The van der Waals surface area contributed by atoms with Gasteiger partial charge in [-0.05, 0) is 79.9 Å². The summed E-state index contributed by atoms with van der Waals surface area (Å²) in [5.74, 6) is 2.21. The maximum absolute atomic E-state index is 13.9. The predicted octanol–water partition coefficient (Wildman–Crippen LogP) is 5.42. The van der Waals surface area contributed by atoms with E-state index in [1.54, 1.807) is 7.11 Å². The Hall–Kier alpha value is -3.65. The Balaban J connectivity index is 1.27. The van der Waals surface area contributed by atoms with Crippen LogP contribution in [0.1, 0.15) is 48.8 Å². The van der Waals surface area contributed by atoms with Crippen molar-refractivity contribution in [3.05, 3.63) is 70.7 Å². The van der Waals surface area contributed by atoms with Gasteiger partial charge in [-0.1, -0.05) is 11.8 Å². The van der Waals surface area contributed by atoms with Crippen molar-refractivity contribution < 1.29 is 32.5 Å². The van der Waals surface area contributed by atoms with Crippen LogP contribution in [0.2, 0.25) is 0 Å². The number of aliphatic carboxylic acids is 1. The Bertz CT molecular complexity index is 1520. The van der Waals surface area contributed by atoms with E-state index in [-0.39, 0.29) is 18.4 Å². The van der Waals surface area contributed by atoms with Crippen LogP contribution in [-0.2, 0) is 22.5 Å². The van der Waals surface area contributed by atoms with Crippen LogP contribution in [0, 0.1) is 34.7 Å². The number of hydrogen-bond acceptors (Lipinski definition) is 6. The van der Waals surface area contributed by atoms with Crippen LogP contribution in [0.3, 0.4) is 0 Å². The number of benzene rings is 2. The summed E-state index contributed by atoms with van der Waals surface area (Å²) in [6, 6.07) is 7.15. The minimum Gasteiger partial charge on any atom is -0.497 e. The minimum atomic E-state index is -1.03. The third-order valence-electron chi connectivity index (χ3n) is 8.87. The lowest BCUT2D eigenvalue weighted by Crippen LogP contribution is -2.41. The largest absolute Gasteiger partial charge is 0.497 e. The topological polar surface area (TPSA) is 75.1 Å². The molecule has 0 saturated carbocycles. The van der Waals surface area contributed by atoms with Gasteiger partial charge in [0.2, 0.25) is 0 Å². The molecule has 7 nitrogen and oxygen atoms in total. The Morgan fingerprint density at radius 2 is 1.80 bits per heavy atom. The molecule has 2 aliphatic rings. The standard InChI is InChI=1S/C34H38F3N3O4/c1-43-26-6-7-32-29(20-26)27(24(22-38-32)23-40-14-16-44-17-15-40)4-2-8-34(21-33(41)42)9-12-39(13-10-34)11-3-5-28-30(36)18-25(35)19-31(28)37/h6-7,18-20,22H,2,4,8-17,21,23H2,1H3,(H,41,42). The number of hydrogen-bond donors (Lipinski definition) is 1. The highest BCUT2D eigenvalue weighted by molar-refractivity contribution is 5.84. The molecule has 0 spiro atoms. The van der Waals surface area contributed by atoms with Crippen LogP contribution in [-0.4, -0.2) is 78.9 Å². The number of carboxylic acids is 1. The van der Waals surface area contributed by atoms with E-state index in [4.69, 9.17) is 14.5 Å². The number of methoxy groups -OCH3 is 1. The zero-order chi connectivity index (χ0) is 31.1. The van der Waals surface area contributed by atoms with Gasteiger partial charge < -0.3 is 14.6 Å². The zero-order valence-corrected chi connectivity index (χ0v) is 25.0. The van der Waals surface area contributed by atoms with Crippen LogP contribution >= 0.6 is 0 Å². The molecule has 2 aromatic carbocycles. The molecule has 2 fully saturated rings. The molecule has 0 aliphatic carbocycles. The number of rotatable bonds is 10. The SMILES string of the molecule is COc1ccc2ncc(CN3CCOCC3)c(CCCC3(CC(=O)O)CCN(CC#Cc4c(F)cc(F)cc4F)CC3)c2c1. The number of carboxylic acid groups (broad SMARTS) is 1. The van der Waals surface area contributed by atoms with Gasteiger partial charge in [-0.2, -0.15) is 0 Å². The van der Waals surface area contributed by atoms with Crippen molar-refractivity contribution in [3.8, 4) is 17.6 Å². The monoisotopic (exact) mass is 609 g/mol. The van der Waals surface area contributed by atoms with Crippen LogP contribution in [0.4, 0.5) is 13.2 Å². The molecule has 10 heteroatoms. The maximum atomic E-state index is 13.9. The highest BCUT2D eigenvalue weighted by Crippen LogP contribution is 2.40. The summed E-state index contributed by atoms with van der Waals surface area (Å²) in [4.78, 5) is 21.1. The van der Waals surface area contributed by atoms with Crippen molar-refractivity contribution in [2.24, 2.45) is 5.41 Å². The van der Waals surface area contributed by atoms with E-state index >= 15 is 0 Å². The Kier molecular flexibility index (Phi) is 10.4. The summed E-state index contributed by atoms with van der Waals surface area (Å²) in [5.41, 5.74) is 2.50. The first kappa shape index (κ1) is 31.8. The van der Waals surface area contributed by atoms with Gasteiger partial charge in [-0.15, -0.1) is 0 Å². The smallest absolute Gasteiger partial charge is 0.303 e. The highest BCUT2D eigenvalue weighted by atomic mass is 19.1. The van der Waals surface area contributed by atoms with E-state index in [9.17, 15) is 23.1 Å². The lowest BCUT2D eigenvalue weighted by molar-refractivity contribution is -0.140. The summed E-state index contributed by atoms with van der Waals surface area (Å²) in [6.07, 6.45) is 5.80. The molecule has 44 heavy (non-hydrogen) atoms. The number of fused-ring (bicyclic) bond motifs is 1. The van der Waals surface area contributed by atoms with Gasteiger partial charge in [0.15, 0.2) is 0 Å². The van der Waals surface area contributed by atoms with Crippen molar-refractivity contribution >= 4 is 16.9 Å². The molecule has 0 bridgehead atoms. The van der Waals surface area contributed by atoms with E-state index in [0.717, 1.165) is 55.5 Å². The third kappa shape index (κ3) is 7.89. The third-order valence-corrected chi connectivity index (χ3v) is 8.87. The maximum Gasteiger partial charge on any atom is 0.303 e. The number of pyridine rings is 1. The first-order chi connectivity index (χ1) is 21.2. The Morgan fingerprint density at radius 1 is 1.07 bits per heavy atom. The fourth-order valence-corrected chi connectivity index (χ4v) is 6.39. The second-order valence-electron chi connectivity index (χ2n) is 11.8. The predicted molar refractivity (Wildman–Crippen MR) is 161 cm³/mol. The number of ether oxygens (including phenoxy) is 2. The molecular formula is C34H38F3N3O4. The van der Waals surface area contributed by atoms with E-state index in [1.807, 2.05) is 24.4 Å². The molecular weight excluding hydrogens is 571 g/mol. The van der Waals surface area contributed by atoms with E-state index in [2.05, 4.69) is 21.6 Å². The van der Waals surface area contributed by atoms with E-state index in [0.29, 0.717) is 51.3 Å². The highest BCUT2D eigenvalue weighted by Gasteiger charge is 2.36. The quantitative estimate of drug-likeness (QED) is 0.308. The Labute approximate surface area is 256 Å². The second-order valence-corrected chi connectivity index (χ2v) is 11.8. The van der Waals surface area contributed by atoms with Gasteiger partial charge in [-0.3, -0.25) is 19.6 Å². The number of halogens is 3. The van der Waals surface area contributed by atoms with Gasteiger partial charge in [0.25, 0.3) is 0 Å². The van der Waals surface area contributed by atoms with Gasteiger partial charge in [0, 0.05) is 43.4 Å².